The van der Waals surface area contributed by atoms with E-state index in [1.54, 1.807) is 12.1 Å². The van der Waals surface area contributed by atoms with Crippen LogP contribution in [0.4, 0.5) is 0 Å². The summed E-state index contributed by atoms with van der Waals surface area (Å²) in [7, 11) is 0. The van der Waals surface area contributed by atoms with Crippen molar-refractivity contribution in [3.8, 4) is 0 Å². The molecule has 1 amide bonds. The van der Waals surface area contributed by atoms with Crippen LogP contribution < -0.4 is 11.1 Å². The topological polar surface area (TPSA) is 104 Å². The Morgan fingerprint density at radius 2 is 2.24 bits per heavy atom. The van der Waals surface area contributed by atoms with Crippen LogP contribution in [-0.4, -0.2) is 52.0 Å². The van der Waals surface area contributed by atoms with E-state index in [-0.39, 0.29) is 17.8 Å². The Morgan fingerprint density at radius 1 is 1.43 bits per heavy atom. The van der Waals surface area contributed by atoms with Gasteiger partial charge in [-0.05, 0) is 31.4 Å². The Kier molecular flexibility index (Phi) is 3.74. The molecule has 4 N–H and O–H groups in total. The monoisotopic (exact) mass is 289 g/mol. The first-order chi connectivity index (χ1) is 10.2. The molecule has 1 unspecified atom stereocenters. The molecule has 1 aliphatic heterocycles. The number of oxime groups is 1. The predicted molar refractivity (Wildman–Crippen MR) is 77.2 cm³/mol. The summed E-state index contributed by atoms with van der Waals surface area (Å²) in [5, 5.41) is 14.5. The molecule has 0 bridgehead atoms. The first-order valence-corrected chi connectivity index (χ1v) is 7.16. The van der Waals surface area contributed by atoms with Gasteiger partial charge in [-0.25, -0.2) is 0 Å². The molecule has 1 atom stereocenters. The molecule has 1 saturated carbocycles. The zero-order valence-corrected chi connectivity index (χ0v) is 11.7. The van der Waals surface area contributed by atoms with Crippen molar-refractivity contribution in [2.75, 3.05) is 13.1 Å². The van der Waals surface area contributed by atoms with E-state index in [4.69, 9.17) is 10.9 Å². The highest BCUT2D eigenvalue weighted by molar-refractivity contribution is 5.98. The highest BCUT2D eigenvalue weighted by atomic mass is 16.4. The summed E-state index contributed by atoms with van der Waals surface area (Å²) in [5.74, 6) is -0.200. The standard InChI is InChI=1S/C14H19N5O2/c15-13(18-21)9-1-4-12(16-7-9)14(20)17-10-5-6-19(8-10)11-2-3-11/h1,4,7,10-11,21H,2-3,5-6,8H2,(H2,15,18)(H,17,20). The number of pyridine rings is 1. The number of hydrogen-bond donors (Lipinski definition) is 3. The number of carbonyl (C=O) groups is 1. The molecule has 2 fully saturated rings. The number of carbonyl (C=O) groups excluding carboxylic acids is 1. The maximum atomic E-state index is 12.1. The molecule has 1 aliphatic carbocycles. The number of aromatic nitrogens is 1. The summed E-state index contributed by atoms with van der Waals surface area (Å²) >= 11 is 0. The number of amidine groups is 1. The lowest BCUT2D eigenvalue weighted by Crippen LogP contribution is -2.37. The second-order valence-corrected chi connectivity index (χ2v) is 5.60. The van der Waals surface area contributed by atoms with Crippen LogP contribution in [-0.2, 0) is 0 Å². The van der Waals surface area contributed by atoms with Crippen molar-refractivity contribution in [3.05, 3.63) is 29.6 Å². The lowest BCUT2D eigenvalue weighted by molar-refractivity contribution is 0.0932. The molecule has 21 heavy (non-hydrogen) atoms. The Morgan fingerprint density at radius 3 is 2.86 bits per heavy atom. The molecule has 7 nitrogen and oxygen atoms in total. The van der Waals surface area contributed by atoms with E-state index in [1.165, 1.54) is 19.0 Å². The lowest BCUT2D eigenvalue weighted by atomic mass is 10.2. The van der Waals surface area contributed by atoms with Gasteiger partial charge in [-0.3, -0.25) is 14.7 Å². The van der Waals surface area contributed by atoms with Gasteiger partial charge in [-0.15, -0.1) is 0 Å². The summed E-state index contributed by atoms with van der Waals surface area (Å²) in [5.41, 5.74) is 6.28. The minimum Gasteiger partial charge on any atom is -0.409 e. The summed E-state index contributed by atoms with van der Waals surface area (Å²) in [4.78, 5) is 18.6. The zero-order valence-electron chi connectivity index (χ0n) is 11.7. The van der Waals surface area contributed by atoms with Crippen LogP contribution in [0.3, 0.4) is 0 Å². The molecule has 7 heteroatoms. The number of nitrogens with two attached hydrogens (primary N) is 1. The van der Waals surface area contributed by atoms with Crippen molar-refractivity contribution in [3.63, 3.8) is 0 Å². The van der Waals surface area contributed by atoms with Crippen LogP contribution in [0.5, 0.6) is 0 Å². The minimum absolute atomic E-state index is 0.0228. The highest BCUT2D eigenvalue weighted by Gasteiger charge is 2.34. The highest BCUT2D eigenvalue weighted by Crippen LogP contribution is 2.29. The van der Waals surface area contributed by atoms with Crippen LogP contribution in [0.1, 0.15) is 35.3 Å². The molecular formula is C14H19N5O2. The summed E-state index contributed by atoms with van der Waals surface area (Å²) < 4.78 is 0. The summed E-state index contributed by atoms with van der Waals surface area (Å²) in [6.07, 6.45) is 4.99. The number of rotatable bonds is 4. The van der Waals surface area contributed by atoms with E-state index < -0.39 is 0 Å². The normalized spacial score (nSPS) is 23.2. The SMILES string of the molecule is NC(=NO)c1ccc(C(=O)NC2CCN(C3CC3)C2)nc1. The van der Waals surface area contributed by atoms with Crippen molar-refractivity contribution in [1.82, 2.24) is 15.2 Å². The van der Waals surface area contributed by atoms with Gasteiger partial charge in [-0.2, -0.15) is 0 Å². The molecule has 1 saturated heterocycles. The van der Waals surface area contributed by atoms with Crippen molar-refractivity contribution in [2.24, 2.45) is 10.9 Å². The quantitative estimate of drug-likeness (QED) is 0.317. The molecule has 1 aromatic rings. The minimum atomic E-state index is -0.177. The van der Waals surface area contributed by atoms with Crippen molar-refractivity contribution >= 4 is 11.7 Å². The van der Waals surface area contributed by atoms with Crippen LogP contribution >= 0.6 is 0 Å². The molecule has 0 aromatic carbocycles. The van der Waals surface area contributed by atoms with E-state index in [2.05, 4.69) is 20.4 Å². The first kappa shape index (κ1) is 13.8. The van der Waals surface area contributed by atoms with E-state index >= 15 is 0 Å². The number of likely N-dealkylation sites (tertiary alicyclic amines) is 1. The second-order valence-electron chi connectivity index (χ2n) is 5.60. The Bertz CT molecular complexity index is 553. The molecule has 2 aliphatic rings. The van der Waals surface area contributed by atoms with Gasteiger partial charge >= 0.3 is 0 Å². The van der Waals surface area contributed by atoms with Crippen LogP contribution in [0.2, 0.25) is 0 Å². The first-order valence-electron chi connectivity index (χ1n) is 7.16. The van der Waals surface area contributed by atoms with Gasteiger partial charge in [-0.1, -0.05) is 5.16 Å². The van der Waals surface area contributed by atoms with E-state index in [1.807, 2.05) is 0 Å². The van der Waals surface area contributed by atoms with Gasteiger partial charge in [0.05, 0.1) is 0 Å². The number of hydrogen-bond acceptors (Lipinski definition) is 5. The predicted octanol–water partition coefficient (Wildman–Crippen LogP) is 0.143. The average molecular weight is 289 g/mol. The van der Waals surface area contributed by atoms with Gasteiger partial charge in [0, 0.05) is 36.9 Å². The van der Waals surface area contributed by atoms with Gasteiger partial charge in [0.15, 0.2) is 5.84 Å². The fraction of sp³-hybridized carbons (Fsp3) is 0.500. The molecule has 1 aromatic heterocycles. The molecule has 0 radical (unpaired) electrons. The van der Waals surface area contributed by atoms with Gasteiger partial charge < -0.3 is 16.3 Å². The Labute approximate surface area is 122 Å². The van der Waals surface area contributed by atoms with E-state index in [0.717, 1.165) is 25.6 Å². The lowest BCUT2D eigenvalue weighted by Gasteiger charge is -2.15. The van der Waals surface area contributed by atoms with Crippen molar-refractivity contribution in [2.45, 2.75) is 31.3 Å². The third-order valence-corrected chi connectivity index (χ3v) is 4.02. The van der Waals surface area contributed by atoms with E-state index in [0.29, 0.717) is 11.3 Å². The Balaban J connectivity index is 1.57. The van der Waals surface area contributed by atoms with Gasteiger partial charge in [0.2, 0.25) is 0 Å². The van der Waals surface area contributed by atoms with Crippen molar-refractivity contribution < 1.29 is 10.0 Å². The van der Waals surface area contributed by atoms with E-state index in [9.17, 15) is 4.79 Å². The fourth-order valence-electron chi connectivity index (χ4n) is 2.67. The average Bonchev–Trinajstić information content (AvgIpc) is 3.27. The zero-order chi connectivity index (χ0) is 14.8. The maximum Gasteiger partial charge on any atom is 0.270 e. The van der Waals surface area contributed by atoms with Gasteiger partial charge in [0.1, 0.15) is 5.69 Å². The second kappa shape index (κ2) is 5.69. The molecular weight excluding hydrogens is 270 g/mol. The number of nitrogens with zero attached hydrogens (tertiary/aromatic N) is 3. The fourth-order valence-corrected chi connectivity index (χ4v) is 2.67. The third-order valence-electron chi connectivity index (χ3n) is 4.02. The van der Waals surface area contributed by atoms with Gasteiger partial charge in [0.25, 0.3) is 5.91 Å². The summed E-state index contributed by atoms with van der Waals surface area (Å²) in [6.45, 7) is 1.99. The van der Waals surface area contributed by atoms with Crippen molar-refractivity contribution in [1.29, 1.82) is 0 Å². The van der Waals surface area contributed by atoms with Crippen LogP contribution in [0.15, 0.2) is 23.5 Å². The number of nitrogens with one attached hydrogen (secondary N) is 1. The largest absolute Gasteiger partial charge is 0.409 e. The maximum absolute atomic E-state index is 12.1. The van der Waals surface area contributed by atoms with Crippen LogP contribution in [0, 0.1) is 0 Å². The van der Waals surface area contributed by atoms with Crippen LogP contribution in [0.25, 0.3) is 0 Å². The summed E-state index contributed by atoms with van der Waals surface area (Å²) in [6, 6.07) is 4.13. The Hall–Kier alpha value is -2.15. The molecule has 2 heterocycles. The molecule has 0 spiro atoms. The molecule has 3 rings (SSSR count). The smallest absolute Gasteiger partial charge is 0.270 e. The third kappa shape index (κ3) is 3.13. The number of amides is 1. The molecule has 112 valence electrons.